The van der Waals surface area contributed by atoms with Crippen LogP contribution in [0.1, 0.15) is 17.0 Å². The highest BCUT2D eigenvalue weighted by Gasteiger charge is 2.29. The number of fused-ring (bicyclic) bond motifs is 4. The van der Waals surface area contributed by atoms with E-state index in [0.29, 0.717) is 5.69 Å². The Bertz CT molecular complexity index is 1150. The van der Waals surface area contributed by atoms with E-state index in [2.05, 4.69) is 34.6 Å². The average Bonchev–Trinajstić information content (AvgIpc) is 3.32. The van der Waals surface area contributed by atoms with Crippen molar-refractivity contribution in [1.29, 1.82) is 0 Å². The van der Waals surface area contributed by atoms with Gasteiger partial charge in [-0.15, -0.1) is 0 Å². The number of benzene rings is 3. The molecule has 0 unspecified atom stereocenters. The number of hydrogen-bond acceptors (Lipinski definition) is 3. The van der Waals surface area contributed by atoms with Gasteiger partial charge in [0.1, 0.15) is 12.4 Å². The lowest BCUT2D eigenvalue weighted by Crippen LogP contribution is -2.18. The Labute approximate surface area is 161 Å². The summed E-state index contributed by atoms with van der Waals surface area (Å²) in [5.41, 5.74) is 5.85. The molecule has 0 atom stereocenters. The van der Waals surface area contributed by atoms with Gasteiger partial charge < -0.3 is 14.8 Å². The first-order valence-electron chi connectivity index (χ1n) is 9.13. The quantitative estimate of drug-likeness (QED) is 0.432. The highest BCUT2D eigenvalue weighted by molar-refractivity contribution is 6.01. The summed E-state index contributed by atoms with van der Waals surface area (Å²) in [6.45, 7) is 0.226. The molecule has 0 spiro atoms. The predicted molar refractivity (Wildman–Crippen MR) is 109 cm³/mol. The van der Waals surface area contributed by atoms with Crippen molar-refractivity contribution in [2.45, 2.75) is 5.92 Å². The number of rotatable bonds is 3. The SMILES string of the molecule is O=C(Nc1c(O)ccc2[nH]ccc12)OCC1c2ccccc2-c2ccccc21. The summed E-state index contributed by atoms with van der Waals surface area (Å²) in [6, 6.07) is 21.5. The number of nitrogens with one attached hydrogen (secondary N) is 2. The maximum absolute atomic E-state index is 12.5. The Kier molecular flexibility index (Phi) is 3.79. The molecule has 1 aromatic heterocycles. The van der Waals surface area contributed by atoms with Crippen molar-refractivity contribution >= 4 is 22.7 Å². The topological polar surface area (TPSA) is 74.4 Å². The van der Waals surface area contributed by atoms with Gasteiger partial charge in [0.25, 0.3) is 0 Å². The molecule has 1 aliphatic rings. The summed E-state index contributed by atoms with van der Waals surface area (Å²) < 4.78 is 5.55. The van der Waals surface area contributed by atoms with Crippen LogP contribution in [0, 0.1) is 0 Å². The second-order valence-corrected chi connectivity index (χ2v) is 6.85. The van der Waals surface area contributed by atoms with Crippen molar-refractivity contribution in [2.75, 3.05) is 11.9 Å². The van der Waals surface area contributed by atoms with Crippen LogP contribution >= 0.6 is 0 Å². The van der Waals surface area contributed by atoms with Gasteiger partial charge >= 0.3 is 6.09 Å². The average molecular weight is 370 g/mol. The molecule has 1 amide bonds. The zero-order valence-electron chi connectivity index (χ0n) is 15.0. The number of H-pyrrole nitrogens is 1. The minimum absolute atomic E-state index is 0.000563. The first-order valence-corrected chi connectivity index (χ1v) is 9.13. The Balaban J connectivity index is 1.37. The van der Waals surface area contributed by atoms with Crippen LogP contribution in [0.3, 0.4) is 0 Å². The van der Waals surface area contributed by atoms with Crippen LogP contribution in [0.25, 0.3) is 22.0 Å². The van der Waals surface area contributed by atoms with E-state index in [1.165, 1.54) is 17.2 Å². The molecule has 4 aromatic rings. The minimum Gasteiger partial charge on any atom is -0.506 e. The van der Waals surface area contributed by atoms with Crippen LogP contribution in [-0.2, 0) is 4.74 Å². The van der Waals surface area contributed by atoms with Gasteiger partial charge in [-0.25, -0.2) is 4.79 Å². The number of aromatic nitrogens is 1. The standard InChI is InChI=1S/C23H18N2O3/c26-21-10-9-20-18(11-12-24-20)22(21)25-23(27)28-13-19-16-7-3-1-5-14(16)15-6-2-4-8-17(15)19/h1-12,19,24,26H,13H2,(H,25,27). The summed E-state index contributed by atoms with van der Waals surface area (Å²) in [5.74, 6) is -0.00425. The van der Waals surface area contributed by atoms with Crippen molar-refractivity contribution in [1.82, 2.24) is 4.98 Å². The number of phenols is 1. The Hall–Kier alpha value is -3.73. The fourth-order valence-corrected chi connectivity index (χ4v) is 3.99. The molecule has 28 heavy (non-hydrogen) atoms. The molecule has 0 fully saturated rings. The zero-order valence-corrected chi connectivity index (χ0v) is 15.0. The van der Waals surface area contributed by atoms with E-state index in [1.54, 1.807) is 18.3 Å². The molecule has 0 aliphatic heterocycles. The van der Waals surface area contributed by atoms with E-state index in [9.17, 15) is 9.90 Å². The minimum atomic E-state index is -0.592. The highest BCUT2D eigenvalue weighted by atomic mass is 16.5. The number of carbonyl (C=O) groups excluding carboxylic acids is 1. The van der Waals surface area contributed by atoms with Crippen molar-refractivity contribution in [3.8, 4) is 16.9 Å². The molecule has 5 heteroatoms. The van der Waals surface area contributed by atoms with Gasteiger partial charge in [-0.05, 0) is 40.5 Å². The Morgan fingerprint density at radius 3 is 2.36 bits per heavy atom. The van der Waals surface area contributed by atoms with E-state index < -0.39 is 6.09 Å². The van der Waals surface area contributed by atoms with Crippen LogP contribution in [0.5, 0.6) is 5.75 Å². The maximum Gasteiger partial charge on any atom is 0.411 e. The summed E-state index contributed by atoms with van der Waals surface area (Å²) >= 11 is 0. The molecule has 1 heterocycles. The number of ether oxygens (including phenoxy) is 1. The Morgan fingerprint density at radius 2 is 1.64 bits per heavy atom. The second kappa shape index (κ2) is 6.46. The molecule has 3 aromatic carbocycles. The Morgan fingerprint density at radius 1 is 0.964 bits per heavy atom. The molecular formula is C23H18N2O3. The van der Waals surface area contributed by atoms with E-state index in [0.717, 1.165) is 22.0 Å². The molecule has 0 bridgehead atoms. The van der Waals surface area contributed by atoms with Crippen molar-refractivity contribution in [3.63, 3.8) is 0 Å². The second-order valence-electron chi connectivity index (χ2n) is 6.85. The molecule has 0 saturated carbocycles. The lowest BCUT2D eigenvalue weighted by molar-refractivity contribution is 0.158. The number of anilines is 1. The third-order valence-electron chi connectivity index (χ3n) is 5.28. The molecule has 138 valence electrons. The molecule has 1 aliphatic carbocycles. The normalized spacial score (nSPS) is 12.6. The fourth-order valence-electron chi connectivity index (χ4n) is 3.99. The fraction of sp³-hybridized carbons (Fsp3) is 0.0870. The molecule has 3 N–H and O–H groups in total. The van der Waals surface area contributed by atoms with E-state index in [-0.39, 0.29) is 18.3 Å². The van der Waals surface area contributed by atoms with Gasteiger partial charge in [0.15, 0.2) is 0 Å². The number of hydrogen-bond donors (Lipinski definition) is 3. The molecule has 5 rings (SSSR count). The van der Waals surface area contributed by atoms with Gasteiger partial charge in [-0.2, -0.15) is 0 Å². The first kappa shape index (κ1) is 16.4. The first-order chi connectivity index (χ1) is 13.7. The summed E-state index contributed by atoms with van der Waals surface area (Å²) in [6.07, 6.45) is 1.17. The lowest BCUT2D eigenvalue weighted by atomic mass is 9.98. The van der Waals surface area contributed by atoms with Crippen LogP contribution in [0.15, 0.2) is 72.9 Å². The van der Waals surface area contributed by atoms with Crippen molar-refractivity contribution in [2.24, 2.45) is 0 Å². The summed E-state index contributed by atoms with van der Waals surface area (Å²) in [7, 11) is 0. The molecule has 0 radical (unpaired) electrons. The van der Waals surface area contributed by atoms with E-state index in [4.69, 9.17) is 4.74 Å². The smallest absolute Gasteiger partial charge is 0.411 e. The monoisotopic (exact) mass is 370 g/mol. The largest absolute Gasteiger partial charge is 0.506 e. The maximum atomic E-state index is 12.5. The zero-order chi connectivity index (χ0) is 19.1. The molecule has 5 nitrogen and oxygen atoms in total. The van der Waals surface area contributed by atoms with Gasteiger partial charge in [0, 0.05) is 23.0 Å². The highest BCUT2D eigenvalue weighted by Crippen LogP contribution is 2.44. The number of phenolic OH excluding ortho intramolecular Hbond substituents is 1. The van der Waals surface area contributed by atoms with E-state index >= 15 is 0 Å². The molecular weight excluding hydrogens is 352 g/mol. The molecule has 0 saturated heterocycles. The van der Waals surface area contributed by atoms with Crippen LogP contribution in [0.4, 0.5) is 10.5 Å². The predicted octanol–water partition coefficient (Wildman–Crippen LogP) is 5.23. The third kappa shape index (κ3) is 2.60. The lowest BCUT2D eigenvalue weighted by Gasteiger charge is -2.15. The summed E-state index contributed by atoms with van der Waals surface area (Å²) in [4.78, 5) is 15.5. The number of aromatic hydroxyl groups is 1. The van der Waals surface area contributed by atoms with Gasteiger partial charge in [0.2, 0.25) is 0 Å². The van der Waals surface area contributed by atoms with Crippen LogP contribution in [0.2, 0.25) is 0 Å². The number of aromatic amines is 1. The summed E-state index contributed by atoms with van der Waals surface area (Å²) in [5, 5.41) is 13.5. The van der Waals surface area contributed by atoms with Gasteiger partial charge in [-0.3, -0.25) is 5.32 Å². The van der Waals surface area contributed by atoms with E-state index in [1.807, 2.05) is 24.3 Å². The van der Waals surface area contributed by atoms with Crippen molar-refractivity contribution < 1.29 is 14.6 Å². The third-order valence-corrected chi connectivity index (χ3v) is 5.28. The number of amides is 1. The van der Waals surface area contributed by atoms with Gasteiger partial charge in [0.05, 0.1) is 5.69 Å². The van der Waals surface area contributed by atoms with Crippen molar-refractivity contribution in [3.05, 3.63) is 84.1 Å². The van der Waals surface area contributed by atoms with Crippen LogP contribution in [-0.4, -0.2) is 22.8 Å². The number of carbonyl (C=O) groups is 1. The van der Waals surface area contributed by atoms with Crippen LogP contribution < -0.4 is 5.32 Å². The van der Waals surface area contributed by atoms with Gasteiger partial charge in [-0.1, -0.05) is 48.5 Å².